The fourth-order valence-corrected chi connectivity index (χ4v) is 5.61. The first kappa shape index (κ1) is 31.2. The van der Waals surface area contributed by atoms with Gasteiger partial charge in [-0.25, -0.2) is 19.3 Å². The van der Waals surface area contributed by atoms with Gasteiger partial charge in [0.1, 0.15) is 28.6 Å². The SMILES string of the molecule is Cn1cc(-c2cn3ncc(C#N)c3c(-c3ccc(N4CCN(C(=O)[C@@H](CNC(=O)OC(C)(C)C)c5ccccc5)CC4)nc3)n2)cn1. The lowest BCUT2D eigenvalue weighted by atomic mass is 9.97. The number of benzene rings is 1. The zero-order chi connectivity index (χ0) is 33.1. The maximum atomic E-state index is 13.8. The summed E-state index contributed by atoms with van der Waals surface area (Å²) in [5, 5.41) is 21.2. The monoisotopic (exact) mass is 632 g/mol. The van der Waals surface area contributed by atoms with Crippen LogP contribution in [-0.4, -0.2) is 84.6 Å². The van der Waals surface area contributed by atoms with Gasteiger partial charge in [0.25, 0.3) is 0 Å². The molecule has 2 amide bonds. The molecular weight excluding hydrogens is 596 g/mol. The maximum Gasteiger partial charge on any atom is 0.407 e. The quantitative estimate of drug-likeness (QED) is 0.281. The standard InChI is InChI=1S/C34H36N10O3/c1-34(2,3)47-33(46)37-20-27(23-8-6-5-7-9-23)32(45)43-14-12-42(13-15-43)29-11-10-24(17-36-29)30-31-25(16-35)18-39-44(31)22-28(40-30)26-19-38-41(4)21-26/h5-11,17-19,21-22,27H,12-15,20H2,1-4H3,(H,37,46)/t27-/m0/s1. The van der Waals surface area contributed by atoms with Crippen molar-refractivity contribution in [3.63, 3.8) is 0 Å². The van der Waals surface area contributed by atoms with Crippen molar-refractivity contribution in [1.82, 2.24) is 39.6 Å². The van der Waals surface area contributed by atoms with Crippen LogP contribution in [0, 0.1) is 11.3 Å². The van der Waals surface area contributed by atoms with Crippen LogP contribution in [0.4, 0.5) is 10.6 Å². The summed E-state index contributed by atoms with van der Waals surface area (Å²) in [6, 6.07) is 15.6. The van der Waals surface area contributed by atoms with Crippen LogP contribution in [-0.2, 0) is 16.6 Å². The number of nitrogens with zero attached hydrogens (tertiary/aromatic N) is 9. The number of anilines is 1. The summed E-state index contributed by atoms with van der Waals surface area (Å²) < 4.78 is 8.76. The Kier molecular flexibility index (Phi) is 8.58. The molecule has 0 bridgehead atoms. The highest BCUT2D eigenvalue weighted by atomic mass is 16.6. The van der Waals surface area contributed by atoms with Crippen LogP contribution >= 0.6 is 0 Å². The molecule has 1 aliphatic heterocycles. The molecule has 0 radical (unpaired) electrons. The second-order valence-electron chi connectivity index (χ2n) is 12.4. The van der Waals surface area contributed by atoms with Gasteiger partial charge in [0.2, 0.25) is 5.91 Å². The van der Waals surface area contributed by atoms with Crippen LogP contribution in [0.2, 0.25) is 0 Å². The molecule has 47 heavy (non-hydrogen) atoms. The lowest BCUT2D eigenvalue weighted by Gasteiger charge is -2.37. The van der Waals surface area contributed by atoms with Gasteiger partial charge in [-0.1, -0.05) is 30.3 Å². The fourth-order valence-electron chi connectivity index (χ4n) is 5.61. The molecule has 1 aromatic carbocycles. The van der Waals surface area contributed by atoms with Gasteiger partial charge in [-0.3, -0.25) is 9.48 Å². The molecule has 1 aliphatic rings. The Morgan fingerprint density at radius 1 is 0.979 bits per heavy atom. The van der Waals surface area contributed by atoms with E-state index in [-0.39, 0.29) is 12.5 Å². The summed E-state index contributed by atoms with van der Waals surface area (Å²) in [4.78, 5) is 39.8. The van der Waals surface area contributed by atoms with Crippen molar-refractivity contribution in [2.45, 2.75) is 32.3 Å². The maximum absolute atomic E-state index is 13.8. The van der Waals surface area contributed by atoms with E-state index in [2.05, 4.69) is 26.5 Å². The van der Waals surface area contributed by atoms with Crippen LogP contribution in [0.5, 0.6) is 0 Å². The van der Waals surface area contributed by atoms with E-state index in [0.29, 0.717) is 48.6 Å². The van der Waals surface area contributed by atoms with Crippen molar-refractivity contribution >= 4 is 23.3 Å². The Morgan fingerprint density at radius 2 is 1.74 bits per heavy atom. The summed E-state index contributed by atoms with van der Waals surface area (Å²) in [5.41, 5.74) is 4.08. The third kappa shape index (κ3) is 6.91. The molecule has 240 valence electrons. The number of hydrogen-bond donors (Lipinski definition) is 1. The van der Waals surface area contributed by atoms with Crippen molar-refractivity contribution in [3.8, 4) is 28.6 Å². The summed E-state index contributed by atoms with van der Waals surface area (Å²) >= 11 is 0. The van der Waals surface area contributed by atoms with Gasteiger partial charge in [-0.2, -0.15) is 15.5 Å². The van der Waals surface area contributed by atoms with E-state index in [0.717, 1.165) is 22.5 Å². The lowest BCUT2D eigenvalue weighted by Crippen LogP contribution is -2.51. The van der Waals surface area contributed by atoms with E-state index in [1.165, 1.54) is 6.20 Å². The number of pyridine rings is 1. The minimum atomic E-state index is -0.634. The fraction of sp³-hybridized carbons (Fsp3) is 0.324. The first-order valence-corrected chi connectivity index (χ1v) is 15.4. The predicted molar refractivity (Wildman–Crippen MR) is 175 cm³/mol. The van der Waals surface area contributed by atoms with Crippen molar-refractivity contribution in [2.75, 3.05) is 37.6 Å². The first-order chi connectivity index (χ1) is 22.6. The van der Waals surface area contributed by atoms with E-state index >= 15 is 0 Å². The number of nitriles is 1. The average Bonchev–Trinajstić information content (AvgIpc) is 3.70. The second-order valence-corrected chi connectivity index (χ2v) is 12.4. The van der Waals surface area contributed by atoms with E-state index in [9.17, 15) is 14.9 Å². The molecule has 0 aliphatic carbocycles. The van der Waals surface area contributed by atoms with Gasteiger partial charge in [0.15, 0.2) is 0 Å². The summed E-state index contributed by atoms with van der Waals surface area (Å²) in [7, 11) is 1.84. The van der Waals surface area contributed by atoms with Crippen LogP contribution in [0.25, 0.3) is 28.0 Å². The first-order valence-electron chi connectivity index (χ1n) is 15.4. The van der Waals surface area contributed by atoms with E-state index in [1.54, 1.807) is 48.6 Å². The lowest BCUT2D eigenvalue weighted by molar-refractivity contribution is -0.133. The van der Waals surface area contributed by atoms with Crippen molar-refractivity contribution in [2.24, 2.45) is 7.05 Å². The zero-order valence-electron chi connectivity index (χ0n) is 26.8. The Bertz CT molecular complexity index is 1930. The van der Waals surface area contributed by atoms with Gasteiger partial charge >= 0.3 is 6.09 Å². The zero-order valence-corrected chi connectivity index (χ0v) is 26.8. The van der Waals surface area contributed by atoms with Gasteiger partial charge in [0, 0.05) is 63.3 Å². The molecule has 6 rings (SSSR count). The molecule has 0 spiro atoms. The van der Waals surface area contributed by atoms with E-state index in [4.69, 9.17) is 14.7 Å². The normalized spacial score (nSPS) is 14.1. The molecule has 0 saturated carbocycles. The second kappa shape index (κ2) is 12.9. The average molecular weight is 633 g/mol. The van der Waals surface area contributed by atoms with Crippen LogP contribution in [0.15, 0.2) is 73.4 Å². The molecular formula is C34H36N10O3. The topological polar surface area (TPSA) is 147 Å². The van der Waals surface area contributed by atoms with Crippen LogP contribution in [0.3, 0.4) is 0 Å². The van der Waals surface area contributed by atoms with Gasteiger partial charge < -0.3 is 19.9 Å². The molecule has 13 nitrogen and oxygen atoms in total. The number of carbonyl (C=O) groups is 2. The number of alkyl carbamates (subject to hydrolysis) is 1. The number of piperazine rings is 1. The Hall–Kier alpha value is -5.77. The predicted octanol–water partition coefficient (Wildman–Crippen LogP) is 4.02. The molecule has 4 aromatic heterocycles. The third-order valence-electron chi connectivity index (χ3n) is 7.90. The Balaban J connectivity index is 1.16. The molecule has 5 aromatic rings. The molecule has 13 heteroatoms. The minimum absolute atomic E-state index is 0.0482. The summed E-state index contributed by atoms with van der Waals surface area (Å²) in [6.07, 6.45) is 8.13. The van der Waals surface area contributed by atoms with Crippen LogP contribution in [0.1, 0.15) is 37.8 Å². The number of nitrogens with one attached hydrogen (secondary N) is 1. The number of amides is 2. The Morgan fingerprint density at radius 3 is 2.38 bits per heavy atom. The number of aryl methyl sites for hydroxylation is 1. The van der Waals surface area contributed by atoms with Gasteiger partial charge in [0.05, 0.1) is 35.9 Å². The number of fused-ring (bicyclic) bond motifs is 1. The third-order valence-corrected chi connectivity index (χ3v) is 7.90. The smallest absolute Gasteiger partial charge is 0.407 e. The molecule has 1 fully saturated rings. The molecule has 1 saturated heterocycles. The van der Waals surface area contributed by atoms with Crippen molar-refractivity contribution in [3.05, 3.63) is 84.6 Å². The van der Waals surface area contributed by atoms with Crippen LogP contribution < -0.4 is 10.2 Å². The highest BCUT2D eigenvalue weighted by Gasteiger charge is 2.30. The molecule has 1 atom stereocenters. The number of rotatable bonds is 7. The Labute approximate surface area is 272 Å². The summed E-state index contributed by atoms with van der Waals surface area (Å²) in [6.45, 7) is 7.75. The van der Waals surface area contributed by atoms with Crippen molar-refractivity contribution < 1.29 is 14.3 Å². The largest absolute Gasteiger partial charge is 0.444 e. The molecule has 1 N–H and O–H groups in total. The number of hydrogen-bond acceptors (Lipinski definition) is 9. The molecule has 5 heterocycles. The molecule has 0 unspecified atom stereocenters. The highest BCUT2D eigenvalue weighted by molar-refractivity contribution is 5.85. The van der Waals surface area contributed by atoms with Gasteiger partial charge in [-0.15, -0.1) is 0 Å². The number of carbonyl (C=O) groups excluding carboxylic acids is 2. The van der Waals surface area contributed by atoms with E-state index in [1.807, 2.05) is 60.6 Å². The summed E-state index contributed by atoms with van der Waals surface area (Å²) in [5.74, 6) is 0.190. The number of aromatic nitrogens is 6. The van der Waals surface area contributed by atoms with E-state index < -0.39 is 17.6 Å². The van der Waals surface area contributed by atoms with Gasteiger partial charge in [-0.05, 0) is 38.5 Å². The highest BCUT2D eigenvalue weighted by Crippen LogP contribution is 2.30. The number of ether oxygens (including phenoxy) is 1. The van der Waals surface area contributed by atoms with Crippen molar-refractivity contribution in [1.29, 1.82) is 5.26 Å². The minimum Gasteiger partial charge on any atom is -0.444 e.